The zero-order valence-electron chi connectivity index (χ0n) is 10.9. The summed E-state index contributed by atoms with van der Waals surface area (Å²) in [5.74, 6) is 0.0507. The molecule has 0 spiro atoms. The lowest BCUT2D eigenvalue weighted by Crippen LogP contribution is -2.34. The van der Waals surface area contributed by atoms with Crippen LogP contribution < -0.4 is 5.32 Å². The van der Waals surface area contributed by atoms with E-state index in [4.69, 9.17) is 6.57 Å². The van der Waals surface area contributed by atoms with Crippen molar-refractivity contribution in [3.05, 3.63) is 51.4 Å². The molecule has 0 aliphatic carbocycles. The molecule has 1 aliphatic heterocycles. The largest absolute Gasteiger partial charge is 0.375 e. The molecule has 3 rings (SSSR count). The van der Waals surface area contributed by atoms with Crippen LogP contribution in [-0.4, -0.2) is 14.7 Å². The summed E-state index contributed by atoms with van der Waals surface area (Å²) in [6.07, 6.45) is 0. The second kappa shape index (κ2) is 3.81. The fraction of sp³-hybridized carbons (Fsp3) is 0.231. The monoisotopic (exact) mass is 269 g/mol. The van der Waals surface area contributed by atoms with Gasteiger partial charge in [0.15, 0.2) is 0 Å². The second-order valence-electron chi connectivity index (χ2n) is 5.07. The number of nitrogens with one attached hydrogen (secondary N) is 1. The molecule has 20 heavy (non-hydrogen) atoms. The average Bonchev–Trinajstić information content (AvgIpc) is 2.76. The van der Waals surface area contributed by atoms with Crippen LogP contribution in [0.25, 0.3) is 10.5 Å². The fourth-order valence-electron chi connectivity index (χ4n) is 2.48. The molecule has 1 aromatic carbocycles. The Bertz CT molecular complexity index is 770. The highest BCUT2D eigenvalue weighted by atomic mass is 16.6. The lowest BCUT2D eigenvalue weighted by Gasteiger charge is -2.33. The number of nitro groups is 1. The first kappa shape index (κ1) is 12.2. The zero-order valence-corrected chi connectivity index (χ0v) is 10.9. The highest BCUT2D eigenvalue weighted by molar-refractivity contribution is 5.76. The third-order valence-electron chi connectivity index (χ3n) is 3.37. The van der Waals surface area contributed by atoms with E-state index in [1.165, 1.54) is 4.68 Å². The molecule has 2 heterocycles. The number of aromatic nitrogens is 2. The van der Waals surface area contributed by atoms with Gasteiger partial charge in [-0.2, -0.15) is 0 Å². The normalized spacial score (nSPS) is 14.7. The van der Waals surface area contributed by atoms with Crippen LogP contribution in [0.1, 0.15) is 19.4 Å². The van der Waals surface area contributed by atoms with Crippen LogP contribution in [0.3, 0.4) is 0 Å². The van der Waals surface area contributed by atoms with Crippen molar-refractivity contribution in [2.24, 2.45) is 0 Å². The van der Waals surface area contributed by atoms with Gasteiger partial charge in [-0.25, -0.2) is 0 Å². The van der Waals surface area contributed by atoms with E-state index in [-0.39, 0.29) is 17.3 Å². The number of anilines is 1. The van der Waals surface area contributed by atoms with E-state index < -0.39 is 10.5 Å². The molecule has 0 atom stereocenters. The summed E-state index contributed by atoms with van der Waals surface area (Å²) in [6, 6.07) is 7.53. The summed E-state index contributed by atoms with van der Waals surface area (Å²) in [4.78, 5) is 13.8. The minimum absolute atomic E-state index is 0.204. The van der Waals surface area contributed by atoms with E-state index in [0.29, 0.717) is 0 Å². The predicted molar refractivity (Wildman–Crippen MR) is 73.1 cm³/mol. The molecule has 0 radical (unpaired) electrons. The topological polar surface area (TPSA) is 77.3 Å². The van der Waals surface area contributed by atoms with Crippen LogP contribution in [0.15, 0.2) is 24.3 Å². The first-order chi connectivity index (χ1) is 9.45. The van der Waals surface area contributed by atoms with E-state index in [2.05, 4.69) is 15.3 Å². The molecule has 7 nitrogen and oxygen atoms in total. The summed E-state index contributed by atoms with van der Waals surface area (Å²) in [6.45, 7) is 10.9. The van der Waals surface area contributed by atoms with Gasteiger partial charge in [-0.15, -0.1) is 4.68 Å². The molecule has 1 aliphatic rings. The van der Waals surface area contributed by atoms with Gasteiger partial charge in [-0.1, -0.05) is 24.8 Å². The van der Waals surface area contributed by atoms with Crippen LogP contribution in [0.4, 0.5) is 17.3 Å². The molecule has 0 amide bonds. The van der Waals surface area contributed by atoms with Crippen molar-refractivity contribution in [3.63, 3.8) is 0 Å². The Labute approximate surface area is 114 Å². The van der Waals surface area contributed by atoms with Gasteiger partial charge < -0.3 is 10.2 Å². The molecular weight excluding hydrogens is 258 g/mol. The molecule has 7 heteroatoms. The number of hydrogen-bond donors (Lipinski definition) is 1. The minimum atomic E-state index is -0.566. The van der Waals surface area contributed by atoms with Crippen molar-refractivity contribution in [1.29, 1.82) is 0 Å². The number of benzene rings is 1. The minimum Gasteiger partial charge on any atom is -0.355 e. The Hall–Kier alpha value is -2.88. The van der Waals surface area contributed by atoms with E-state index >= 15 is 0 Å². The summed E-state index contributed by atoms with van der Waals surface area (Å²) in [5, 5.41) is 18.4. The van der Waals surface area contributed by atoms with Gasteiger partial charge in [0, 0.05) is 5.56 Å². The van der Waals surface area contributed by atoms with E-state index in [9.17, 15) is 10.1 Å². The van der Waals surface area contributed by atoms with Crippen molar-refractivity contribution in [1.82, 2.24) is 9.78 Å². The van der Waals surface area contributed by atoms with Crippen molar-refractivity contribution in [2.45, 2.75) is 19.4 Å². The van der Waals surface area contributed by atoms with Gasteiger partial charge in [0.2, 0.25) is 5.82 Å². The first-order valence-corrected chi connectivity index (χ1v) is 5.98. The maximum Gasteiger partial charge on any atom is 0.375 e. The number of hydrogen-bond acceptors (Lipinski definition) is 4. The Morgan fingerprint density at radius 1 is 1.45 bits per heavy atom. The molecule has 100 valence electrons. The molecule has 2 aromatic rings. The number of nitrogens with zero attached hydrogens (tertiary/aromatic N) is 4. The fourth-order valence-corrected chi connectivity index (χ4v) is 2.48. The summed E-state index contributed by atoms with van der Waals surface area (Å²) < 4.78 is 1.44. The van der Waals surface area contributed by atoms with Crippen LogP contribution >= 0.6 is 0 Å². The van der Waals surface area contributed by atoms with Crippen molar-refractivity contribution in [2.75, 3.05) is 5.32 Å². The average molecular weight is 269 g/mol. The Morgan fingerprint density at radius 3 is 2.80 bits per heavy atom. The summed E-state index contributed by atoms with van der Waals surface area (Å²) in [5.41, 5.74) is 0.977. The lowest BCUT2D eigenvalue weighted by atomic mass is 9.91. The van der Waals surface area contributed by atoms with Crippen LogP contribution in [-0.2, 0) is 5.54 Å². The van der Waals surface area contributed by atoms with E-state index in [0.717, 1.165) is 11.3 Å². The molecule has 0 bridgehead atoms. The molecule has 0 saturated heterocycles. The SMILES string of the molecule is [C-]#[N+]c1nn2c(c1[N+](=O)[O-])NC(C)(C)c1ccccc1-2. The van der Waals surface area contributed by atoms with E-state index in [1.807, 2.05) is 38.1 Å². The van der Waals surface area contributed by atoms with Crippen molar-refractivity contribution in [3.8, 4) is 5.69 Å². The molecule has 1 aromatic heterocycles. The smallest absolute Gasteiger partial charge is 0.355 e. The Kier molecular flexibility index (Phi) is 2.32. The highest BCUT2D eigenvalue weighted by Gasteiger charge is 2.40. The van der Waals surface area contributed by atoms with Crippen LogP contribution in [0.5, 0.6) is 0 Å². The third kappa shape index (κ3) is 1.48. The maximum atomic E-state index is 11.2. The molecule has 0 unspecified atom stereocenters. The number of rotatable bonds is 1. The van der Waals surface area contributed by atoms with Gasteiger partial charge in [-0.05, 0) is 25.0 Å². The number of fused-ring (bicyclic) bond motifs is 3. The third-order valence-corrected chi connectivity index (χ3v) is 3.37. The highest BCUT2D eigenvalue weighted by Crippen LogP contribution is 2.44. The van der Waals surface area contributed by atoms with Gasteiger partial charge in [-0.3, -0.25) is 10.1 Å². The molecular formula is C13H11N5O2. The van der Waals surface area contributed by atoms with Gasteiger partial charge in [0.25, 0.3) is 0 Å². The molecule has 1 N–H and O–H groups in total. The zero-order chi connectivity index (χ0) is 14.5. The molecule has 0 saturated carbocycles. The van der Waals surface area contributed by atoms with Crippen LogP contribution in [0.2, 0.25) is 0 Å². The second-order valence-corrected chi connectivity index (χ2v) is 5.07. The maximum absolute atomic E-state index is 11.2. The molecule has 0 fully saturated rings. The van der Waals surface area contributed by atoms with Crippen molar-refractivity contribution >= 4 is 17.3 Å². The Balaban J connectivity index is 2.38. The summed E-state index contributed by atoms with van der Waals surface area (Å²) in [7, 11) is 0. The van der Waals surface area contributed by atoms with Gasteiger partial charge in [0.05, 0.1) is 16.1 Å². The first-order valence-electron chi connectivity index (χ1n) is 5.98. The lowest BCUT2D eigenvalue weighted by molar-refractivity contribution is -0.383. The quantitative estimate of drug-likeness (QED) is 0.490. The van der Waals surface area contributed by atoms with Gasteiger partial charge in [0.1, 0.15) is 0 Å². The Morgan fingerprint density at radius 2 is 2.15 bits per heavy atom. The van der Waals surface area contributed by atoms with Crippen molar-refractivity contribution < 1.29 is 4.92 Å². The number of para-hydroxylation sites is 1. The van der Waals surface area contributed by atoms with E-state index in [1.54, 1.807) is 0 Å². The summed E-state index contributed by atoms with van der Waals surface area (Å²) >= 11 is 0. The standard InChI is InChI=1S/C13H11N5O2/c1-13(2)8-6-4-5-7-9(8)17-12(15-13)10(18(19)20)11(14-3)16-17/h4-7,15H,1-2H3. The predicted octanol–water partition coefficient (Wildman–Crippen LogP) is 2.99. The van der Waals surface area contributed by atoms with Gasteiger partial charge >= 0.3 is 11.5 Å². The van der Waals surface area contributed by atoms with Crippen LogP contribution in [0, 0.1) is 16.7 Å².